The van der Waals surface area contributed by atoms with E-state index >= 15 is 0 Å². The predicted molar refractivity (Wildman–Crippen MR) is 107 cm³/mol. The largest absolute Gasteiger partial charge is 0.480 e. The van der Waals surface area contributed by atoms with Crippen molar-refractivity contribution in [3.8, 4) is 0 Å². The lowest BCUT2D eigenvalue weighted by atomic mass is 10.1. The van der Waals surface area contributed by atoms with Gasteiger partial charge in [-0.05, 0) is 39.5 Å². The first-order valence-corrected chi connectivity index (χ1v) is 10.1. The van der Waals surface area contributed by atoms with Crippen LogP contribution in [0.5, 0.6) is 0 Å². The van der Waals surface area contributed by atoms with E-state index < -0.39 is 35.8 Å². The molecule has 0 aliphatic rings. The summed E-state index contributed by atoms with van der Waals surface area (Å²) in [5, 5.41) is 22.9. The maximum absolute atomic E-state index is 11.8. The summed E-state index contributed by atoms with van der Waals surface area (Å²) >= 11 is 0. The number of unbranched alkanes of at least 4 members (excludes halogenated alkanes) is 3. The molecule has 0 aromatic carbocycles. The molecule has 0 radical (unpaired) electrons. The monoisotopic (exact) mass is 428 g/mol. The van der Waals surface area contributed by atoms with Crippen LogP contribution in [0.25, 0.3) is 0 Å². The number of rotatable bonds is 17. The molecule has 0 aromatic rings. The molecule has 2 atom stereocenters. The van der Waals surface area contributed by atoms with Crippen molar-refractivity contribution in [3.63, 3.8) is 0 Å². The highest BCUT2D eigenvalue weighted by Crippen LogP contribution is 2.07. The molecule has 0 unspecified atom stereocenters. The third kappa shape index (κ3) is 14.3. The number of aliphatic carboxylic acids is 2. The number of nitrogens with one attached hydrogen (secondary N) is 2. The molecular formula is C20H32N2O8. The van der Waals surface area contributed by atoms with Gasteiger partial charge in [0.1, 0.15) is 23.7 Å². The van der Waals surface area contributed by atoms with Gasteiger partial charge in [-0.25, -0.2) is 9.59 Å². The van der Waals surface area contributed by atoms with Crippen LogP contribution < -0.4 is 10.6 Å². The Hall–Kier alpha value is -2.78. The molecule has 0 aromatic heterocycles. The Morgan fingerprint density at radius 2 is 0.933 bits per heavy atom. The lowest BCUT2D eigenvalue weighted by molar-refractivity contribution is -0.142. The van der Waals surface area contributed by atoms with Gasteiger partial charge in [0, 0.05) is 25.7 Å². The Balaban J connectivity index is 4.03. The second-order valence-corrected chi connectivity index (χ2v) is 7.31. The lowest BCUT2D eigenvalue weighted by Crippen LogP contribution is -2.41. The number of hydrogen-bond acceptors (Lipinski definition) is 6. The molecule has 10 heteroatoms. The topological polar surface area (TPSA) is 167 Å². The Bertz CT molecular complexity index is 578. The number of amides is 2. The van der Waals surface area contributed by atoms with Gasteiger partial charge < -0.3 is 30.4 Å². The molecule has 0 heterocycles. The summed E-state index contributed by atoms with van der Waals surface area (Å²) in [5.74, 6) is -3.46. The fourth-order valence-corrected chi connectivity index (χ4v) is 2.67. The van der Waals surface area contributed by atoms with Crippen molar-refractivity contribution >= 4 is 35.3 Å². The number of carboxylic acids is 2. The third-order valence-electron chi connectivity index (χ3n) is 4.39. The molecular weight excluding hydrogens is 396 g/mol. The van der Waals surface area contributed by atoms with Crippen LogP contribution in [-0.2, 0) is 28.8 Å². The predicted octanol–water partition coefficient (Wildman–Crippen LogP) is 1.20. The summed E-state index contributed by atoms with van der Waals surface area (Å²) in [6, 6.07) is -2.18. The van der Waals surface area contributed by atoms with E-state index in [1.807, 2.05) is 0 Å². The molecule has 10 nitrogen and oxygen atoms in total. The van der Waals surface area contributed by atoms with E-state index in [2.05, 4.69) is 10.6 Å². The number of Topliss-reactive ketones (excluding diaryl/α,β-unsaturated/α-hetero) is 2. The number of carbonyl (C=O) groups excluding carboxylic acids is 4. The zero-order valence-corrected chi connectivity index (χ0v) is 17.6. The molecule has 4 N–H and O–H groups in total. The van der Waals surface area contributed by atoms with E-state index in [-0.39, 0.29) is 50.1 Å². The molecule has 0 aliphatic heterocycles. The molecule has 0 rings (SSSR count). The number of ketones is 2. The number of carboxylic acid groups (broad SMARTS) is 2. The average molecular weight is 428 g/mol. The first-order chi connectivity index (χ1) is 14.0. The molecule has 30 heavy (non-hydrogen) atoms. The van der Waals surface area contributed by atoms with Gasteiger partial charge in [0.15, 0.2) is 0 Å². The maximum atomic E-state index is 11.8. The van der Waals surface area contributed by atoms with Crippen LogP contribution in [0.4, 0.5) is 0 Å². The van der Waals surface area contributed by atoms with Crippen molar-refractivity contribution in [2.75, 3.05) is 0 Å². The second kappa shape index (κ2) is 15.1. The molecule has 170 valence electrons. The molecule has 2 amide bonds. The minimum absolute atomic E-state index is 0.0509. The molecule has 0 saturated heterocycles. The highest BCUT2D eigenvalue weighted by Gasteiger charge is 2.21. The average Bonchev–Trinajstić information content (AvgIpc) is 2.63. The third-order valence-corrected chi connectivity index (χ3v) is 4.39. The first-order valence-electron chi connectivity index (χ1n) is 10.1. The van der Waals surface area contributed by atoms with Gasteiger partial charge in [0.2, 0.25) is 11.8 Å². The maximum Gasteiger partial charge on any atom is 0.326 e. The van der Waals surface area contributed by atoms with Crippen LogP contribution in [0, 0.1) is 0 Å². The van der Waals surface area contributed by atoms with E-state index in [4.69, 9.17) is 10.2 Å². The van der Waals surface area contributed by atoms with Crippen molar-refractivity contribution < 1.29 is 39.0 Å². The van der Waals surface area contributed by atoms with Crippen LogP contribution in [0.2, 0.25) is 0 Å². The second-order valence-electron chi connectivity index (χ2n) is 7.31. The number of hydrogen-bond donors (Lipinski definition) is 4. The van der Waals surface area contributed by atoms with E-state index in [9.17, 15) is 28.8 Å². The summed E-state index contributed by atoms with van der Waals surface area (Å²) in [4.78, 5) is 67.8. The van der Waals surface area contributed by atoms with Crippen LogP contribution >= 0.6 is 0 Å². The molecule has 0 saturated carbocycles. The van der Waals surface area contributed by atoms with Crippen molar-refractivity contribution in [1.29, 1.82) is 0 Å². The van der Waals surface area contributed by atoms with Crippen LogP contribution in [0.15, 0.2) is 0 Å². The number of carbonyl (C=O) groups is 6. The molecule has 0 spiro atoms. The highest BCUT2D eigenvalue weighted by molar-refractivity contribution is 5.85. The van der Waals surface area contributed by atoms with Gasteiger partial charge in [0.05, 0.1) is 0 Å². The van der Waals surface area contributed by atoms with Crippen LogP contribution in [0.3, 0.4) is 0 Å². The van der Waals surface area contributed by atoms with Crippen molar-refractivity contribution in [2.24, 2.45) is 0 Å². The van der Waals surface area contributed by atoms with Gasteiger partial charge >= 0.3 is 11.9 Å². The van der Waals surface area contributed by atoms with E-state index in [0.717, 1.165) is 0 Å². The minimum atomic E-state index is -1.18. The van der Waals surface area contributed by atoms with Crippen molar-refractivity contribution in [2.45, 2.75) is 90.1 Å². The fraction of sp³-hybridized carbons (Fsp3) is 0.700. The van der Waals surface area contributed by atoms with E-state index in [0.29, 0.717) is 25.7 Å². The summed E-state index contributed by atoms with van der Waals surface area (Å²) < 4.78 is 0. The summed E-state index contributed by atoms with van der Waals surface area (Å²) in [6.07, 6.45) is 2.88. The standard InChI is InChI=1S/C20H32N2O8/c1-13(23)9-11-15(19(27)28)21-17(25)7-5-3-4-6-8-18(26)22-16(20(29)30)12-10-14(2)24/h15-16H,3-12H2,1-2H3,(H,21,25)(H,22,26)(H,27,28)(H,29,30)/t15-,16-/m0/s1. The zero-order valence-electron chi connectivity index (χ0n) is 17.6. The SMILES string of the molecule is CC(=O)CC[C@H](NC(=O)CCCCCCC(=O)N[C@@H](CCC(C)=O)C(=O)O)C(=O)O. The summed E-state index contributed by atoms with van der Waals surface area (Å²) in [6.45, 7) is 2.71. The van der Waals surface area contributed by atoms with Gasteiger partial charge in [-0.1, -0.05) is 12.8 Å². The Labute approximate surface area is 175 Å². The van der Waals surface area contributed by atoms with Crippen LogP contribution in [0.1, 0.15) is 78.1 Å². The fourth-order valence-electron chi connectivity index (χ4n) is 2.67. The Morgan fingerprint density at radius 3 is 1.20 bits per heavy atom. The zero-order chi connectivity index (χ0) is 23.1. The van der Waals surface area contributed by atoms with Gasteiger partial charge in [-0.15, -0.1) is 0 Å². The lowest BCUT2D eigenvalue weighted by Gasteiger charge is -2.14. The van der Waals surface area contributed by atoms with Gasteiger partial charge in [0.25, 0.3) is 0 Å². The van der Waals surface area contributed by atoms with Gasteiger partial charge in [-0.2, -0.15) is 0 Å². The summed E-state index contributed by atoms with van der Waals surface area (Å²) in [5.41, 5.74) is 0. The summed E-state index contributed by atoms with van der Waals surface area (Å²) in [7, 11) is 0. The smallest absolute Gasteiger partial charge is 0.326 e. The van der Waals surface area contributed by atoms with E-state index in [1.165, 1.54) is 13.8 Å². The van der Waals surface area contributed by atoms with Crippen LogP contribution in [-0.4, -0.2) is 57.6 Å². The molecule has 0 bridgehead atoms. The molecule has 0 aliphatic carbocycles. The molecule has 0 fully saturated rings. The minimum Gasteiger partial charge on any atom is -0.480 e. The quantitative estimate of drug-likeness (QED) is 0.251. The Morgan fingerprint density at radius 1 is 0.600 bits per heavy atom. The van der Waals surface area contributed by atoms with Crippen molar-refractivity contribution in [3.05, 3.63) is 0 Å². The van der Waals surface area contributed by atoms with Gasteiger partial charge in [-0.3, -0.25) is 9.59 Å². The van der Waals surface area contributed by atoms with Crippen molar-refractivity contribution in [1.82, 2.24) is 10.6 Å². The highest BCUT2D eigenvalue weighted by atomic mass is 16.4. The van der Waals surface area contributed by atoms with E-state index in [1.54, 1.807) is 0 Å². The normalized spacial score (nSPS) is 12.5. The first kappa shape index (κ1) is 27.2. The Kier molecular flexibility index (Phi) is 13.7.